The van der Waals surface area contributed by atoms with Gasteiger partial charge in [-0.25, -0.2) is 0 Å². The highest BCUT2D eigenvalue weighted by Gasteiger charge is 2.42. The van der Waals surface area contributed by atoms with Crippen LogP contribution in [0.4, 0.5) is 0 Å². The van der Waals surface area contributed by atoms with Crippen molar-refractivity contribution >= 4 is 16.6 Å². The molecule has 3 aromatic carbocycles. The first-order chi connectivity index (χ1) is 13.0. The van der Waals surface area contributed by atoms with Gasteiger partial charge in [0.05, 0.1) is 0 Å². The van der Waals surface area contributed by atoms with Crippen molar-refractivity contribution in [1.29, 1.82) is 0 Å². The van der Waals surface area contributed by atoms with E-state index in [1.165, 1.54) is 5.39 Å². The first kappa shape index (κ1) is 16.3. The zero-order chi connectivity index (χ0) is 18.6. The second-order valence-corrected chi connectivity index (χ2v) is 8.42. The summed E-state index contributed by atoms with van der Waals surface area (Å²) in [6, 6.07) is 22.9. The van der Waals surface area contributed by atoms with E-state index in [2.05, 4.69) is 62.4 Å². The molecule has 2 aliphatic rings. The molecule has 1 heterocycles. The van der Waals surface area contributed by atoms with E-state index < -0.39 is 0 Å². The molecule has 0 N–H and O–H groups in total. The third kappa shape index (κ3) is 2.59. The van der Waals surface area contributed by atoms with Gasteiger partial charge in [0.25, 0.3) is 0 Å². The van der Waals surface area contributed by atoms with E-state index in [1.54, 1.807) is 0 Å². The maximum Gasteiger partial charge on any atom is 0.163 e. The maximum atomic E-state index is 13.2. The van der Waals surface area contributed by atoms with Crippen LogP contribution in [0.5, 0.6) is 5.75 Å². The van der Waals surface area contributed by atoms with Crippen LogP contribution in [0.2, 0.25) is 0 Å². The van der Waals surface area contributed by atoms with Gasteiger partial charge in [0.2, 0.25) is 0 Å². The lowest BCUT2D eigenvalue weighted by Crippen LogP contribution is -2.33. The molecule has 0 bridgehead atoms. The quantitative estimate of drug-likeness (QED) is 0.535. The van der Waals surface area contributed by atoms with Gasteiger partial charge < -0.3 is 4.74 Å². The number of hydrogen-bond donors (Lipinski definition) is 0. The molecular formula is C25H22O2. The van der Waals surface area contributed by atoms with Crippen molar-refractivity contribution in [2.75, 3.05) is 0 Å². The molecule has 0 amide bonds. The summed E-state index contributed by atoms with van der Waals surface area (Å²) in [6.07, 6.45) is 1.36. The Labute approximate surface area is 159 Å². The largest absolute Gasteiger partial charge is 0.461 e. The molecule has 5 rings (SSSR count). The number of carbonyl (C=O) groups is 1. The third-order valence-corrected chi connectivity index (χ3v) is 5.75. The Morgan fingerprint density at radius 1 is 0.889 bits per heavy atom. The van der Waals surface area contributed by atoms with Crippen LogP contribution in [0.1, 0.15) is 43.7 Å². The molecule has 1 atom stereocenters. The summed E-state index contributed by atoms with van der Waals surface area (Å²) in [5.41, 5.74) is 3.06. The van der Waals surface area contributed by atoms with Crippen LogP contribution in [0.25, 0.3) is 10.8 Å². The van der Waals surface area contributed by atoms with Crippen molar-refractivity contribution in [2.24, 2.45) is 5.41 Å². The van der Waals surface area contributed by atoms with Crippen molar-refractivity contribution in [3.63, 3.8) is 0 Å². The number of benzene rings is 3. The van der Waals surface area contributed by atoms with E-state index in [0.29, 0.717) is 6.42 Å². The summed E-state index contributed by atoms with van der Waals surface area (Å²) in [4.78, 5) is 13.2. The van der Waals surface area contributed by atoms with Crippen LogP contribution in [0.3, 0.4) is 0 Å². The van der Waals surface area contributed by atoms with Gasteiger partial charge in [0.15, 0.2) is 5.78 Å². The Kier molecular flexibility index (Phi) is 3.51. The van der Waals surface area contributed by atoms with Crippen LogP contribution in [-0.2, 0) is 4.79 Å². The minimum Gasteiger partial charge on any atom is -0.461 e. The number of fused-ring (bicyclic) bond motifs is 3. The highest BCUT2D eigenvalue weighted by molar-refractivity contribution is 6.02. The normalized spacial score (nSPS) is 20.8. The average Bonchev–Trinajstić information content (AvgIpc) is 2.66. The molecule has 1 aliphatic heterocycles. The molecule has 0 saturated carbocycles. The number of rotatable bonds is 1. The number of Topliss-reactive ketones (excluding diaryl/α,β-unsaturated/α-hetero) is 1. The molecule has 1 unspecified atom stereocenters. The minimum atomic E-state index is -0.0698. The summed E-state index contributed by atoms with van der Waals surface area (Å²) in [5.74, 6) is 1.88. The van der Waals surface area contributed by atoms with Crippen LogP contribution in [0, 0.1) is 5.41 Å². The summed E-state index contributed by atoms with van der Waals surface area (Å²) < 4.78 is 6.36. The first-order valence-electron chi connectivity index (χ1n) is 9.54. The molecule has 2 nitrogen and oxygen atoms in total. The summed E-state index contributed by atoms with van der Waals surface area (Å²) in [6.45, 7) is 4.29. The van der Waals surface area contributed by atoms with E-state index in [1.807, 2.05) is 18.2 Å². The Hall–Kier alpha value is -2.87. The molecule has 0 spiro atoms. The Morgan fingerprint density at radius 2 is 1.63 bits per heavy atom. The monoisotopic (exact) mass is 354 g/mol. The standard InChI is InChI=1S/C25H22O2/c1-25(2)14-19(26)24-21(15-25)27-20-13-12-16-8-6-7-11-18(16)23(20)22(24)17-9-4-3-5-10-17/h3-13,22H,14-15H2,1-2H3. The van der Waals surface area contributed by atoms with Crippen molar-refractivity contribution in [1.82, 2.24) is 0 Å². The van der Waals surface area contributed by atoms with Crippen molar-refractivity contribution in [3.05, 3.63) is 89.2 Å². The SMILES string of the molecule is CC1(C)CC(=O)C2=C(C1)Oc1ccc3ccccc3c1C2c1ccccc1. The van der Waals surface area contributed by atoms with Crippen LogP contribution in [0.15, 0.2) is 78.1 Å². The predicted molar refractivity (Wildman–Crippen MR) is 108 cm³/mol. The lowest BCUT2D eigenvalue weighted by Gasteiger charge is -2.38. The van der Waals surface area contributed by atoms with Gasteiger partial charge in [-0.15, -0.1) is 0 Å². The van der Waals surface area contributed by atoms with Crippen molar-refractivity contribution in [2.45, 2.75) is 32.6 Å². The fourth-order valence-corrected chi connectivity index (χ4v) is 4.61. The Balaban J connectivity index is 1.82. The molecule has 2 heteroatoms. The zero-order valence-corrected chi connectivity index (χ0v) is 15.7. The lowest BCUT2D eigenvalue weighted by molar-refractivity contribution is -0.118. The van der Waals surface area contributed by atoms with Crippen LogP contribution < -0.4 is 4.74 Å². The molecule has 27 heavy (non-hydrogen) atoms. The number of allylic oxidation sites excluding steroid dienone is 2. The molecular weight excluding hydrogens is 332 g/mol. The fraction of sp³-hybridized carbons (Fsp3) is 0.240. The van der Waals surface area contributed by atoms with E-state index in [9.17, 15) is 4.79 Å². The van der Waals surface area contributed by atoms with Crippen LogP contribution in [-0.4, -0.2) is 5.78 Å². The fourth-order valence-electron chi connectivity index (χ4n) is 4.61. The molecule has 134 valence electrons. The Morgan fingerprint density at radius 3 is 2.44 bits per heavy atom. The van der Waals surface area contributed by atoms with Crippen LogP contribution >= 0.6 is 0 Å². The third-order valence-electron chi connectivity index (χ3n) is 5.75. The minimum absolute atomic E-state index is 0.0640. The molecule has 0 aromatic heterocycles. The van der Waals surface area contributed by atoms with E-state index in [0.717, 1.165) is 40.0 Å². The van der Waals surface area contributed by atoms with E-state index >= 15 is 0 Å². The zero-order valence-electron chi connectivity index (χ0n) is 15.7. The lowest BCUT2D eigenvalue weighted by atomic mass is 9.69. The smallest absolute Gasteiger partial charge is 0.163 e. The number of ketones is 1. The Bertz CT molecular complexity index is 1090. The first-order valence-corrected chi connectivity index (χ1v) is 9.54. The molecule has 0 fully saturated rings. The van der Waals surface area contributed by atoms with Gasteiger partial charge in [-0.1, -0.05) is 74.5 Å². The van der Waals surface area contributed by atoms with Gasteiger partial charge in [0, 0.05) is 29.9 Å². The second-order valence-electron chi connectivity index (χ2n) is 8.42. The topological polar surface area (TPSA) is 26.3 Å². The molecule has 0 saturated heterocycles. The molecule has 1 aliphatic carbocycles. The number of carbonyl (C=O) groups excluding carboxylic acids is 1. The highest BCUT2D eigenvalue weighted by atomic mass is 16.5. The number of ether oxygens (including phenoxy) is 1. The van der Waals surface area contributed by atoms with E-state index in [-0.39, 0.29) is 17.1 Å². The molecule has 0 radical (unpaired) electrons. The number of hydrogen-bond acceptors (Lipinski definition) is 2. The van der Waals surface area contributed by atoms with Gasteiger partial charge >= 0.3 is 0 Å². The van der Waals surface area contributed by atoms with Gasteiger partial charge in [-0.3, -0.25) is 4.79 Å². The van der Waals surface area contributed by atoms with Gasteiger partial charge in [-0.05, 0) is 27.8 Å². The summed E-state index contributed by atoms with van der Waals surface area (Å²) in [5, 5.41) is 2.33. The van der Waals surface area contributed by atoms with E-state index in [4.69, 9.17) is 4.74 Å². The van der Waals surface area contributed by atoms with Gasteiger partial charge in [0.1, 0.15) is 11.5 Å². The van der Waals surface area contributed by atoms with Crippen molar-refractivity contribution < 1.29 is 9.53 Å². The molecule has 3 aromatic rings. The average molecular weight is 354 g/mol. The second kappa shape index (κ2) is 5.82. The maximum absolute atomic E-state index is 13.2. The predicted octanol–water partition coefficient (Wildman–Crippen LogP) is 6.01. The van der Waals surface area contributed by atoms with Gasteiger partial charge in [-0.2, -0.15) is 0 Å². The summed E-state index contributed by atoms with van der Waals surface area (Å²) >= 11 is 0. The highest BCUT2D eigenvalue weighted by Crippen LogP contribution is 2.51. The summed E-state index contributed by atoms with van der Waals surface area (Å²) in [7, 11) is 0. The van der Waals surface area contributed by atoms with Crippen molar-refractivity contribution in [3.8, 4) is 5.75 Å².